The molecule has 2 aromatic heterocycles. The molecule has 0 bridgehead atoms. The van der Waals surface area contributed by atoms with Crippen molar-refractivity contribution >= 4 is 28.3 Å². The van der Waals surface area contributed by atoms with Gasteiger partial charge in [0.2, 0.25) is 5.95 Å². The SMILES string of the molecule is CCOc1cccc2c1nc(N)n2Cc1ncc(C)s1. The molecular formula is C14H16N4OS. The van der Waals surface area contributed by atoms with Crippen LogP contribution in [-0.2, 0) is 6.54 Å². The zero-order valence-electron chi connectivity index (χ0n) is 11.5. The van der Waals surface area contributed by atoms with E-state index in [1.54, 1.807) is 11.3 Å². The number of benzene rings is 1. The van der Waals surface area contributed by atoms with Crippen LogP contribution < -0.4 is 10.5 Å². The Morgan fingerprint density at radius 2 is 2.25 bits per heavy atom. The van der Waals surface area contributed by atoms with Crippen LogP contribution in [0.4, 0.5) is 5.95 Å². The smallest absolute Gasteiger partial charge is 0.201 e. The van der Waals surface area contributed by atoms with E-state index in [0.717, 1.165) is 21.8 Å². The van der Waals surface area contributed by atoms with Crippen molar-refractivity contribution in [2.45, 2.75) is 20.4 Å². The van der Waals surface area contributed by atoms with Crippen LogP contribution in [0.5, 0.6) is 5.75 Å². The molecule has 0 saturated carbocycles. The lowest BCUT2D eigenvalue weighted by molar-refractivity contribution is 0.343. The molecule has 5 nitrogen and oxygen atoms in total. The van der Waals surface area contributed by atoms with Gasteiger partial charge in [0.25, 0.3) is 0 Å². The fraction of sp³-hybridized carbons (Fsp3) is 0.286. The van der Waals surface area contributed by atoms with Crippen LogP contribution in [0.3, 0.4) is 0 Å². The molecule has 1 aromatic carbocycles. The van der Waals surface area contributed by atoms with Gasteiger partial charge < -0.3 is 15.0 Å². The van der Waals surface area contributed by atoms with Crippen molar-refractivity contribution in [3.05, 3.63) is 34.3 Å². The van der Waals surface area contributed by atoms with Crippen molar-refractivity contribution < 1.29 is 4.74 Å². The minimum absolute atomic E-state index is 0.486. The topological polar surface area (TPSA) is 66.0 Å². The fourth-order valence-electron chi connectivity index (χ4n) is 2.19. The Morgan fingerprint density at radius 3 is 2.95 bits per heavy atom. The molecule has 0 aliphatic heterocycles. The van der Waals surface area contributed by atoms with Crippen LogP contribution in [0, 0.1) is 6.92 Å². The van der Waals surface area contributed by atoms with Gasteiger partial charge in [0.1, 0.15) is 16.3 Å². The first-order valence-corrected chi connectivity index (χ1v) is 7.29. The van der Waals surface area contributed by atoms with E-state index in [9.17, 15) is 0 Å². The zero-order chi connectivity index (χ0) is 14.1. The molecule has 0 atom stereocenters. The summed E-state index contributed by atoms with van der Waals surface area (Å²) >= 11 is 1.67. The Labute approximate surface area is 121 Å². The summed E-state index contributed by atoms with van der Waals surface area (Å²) in [6, 6.07) is 5.87. The van der Waals surface area contributed by atoms with E-state index < -0.39 is 0 Å². The van der Waals surface area contributed by atoms with Gasteiger partial charge in [0, 0.05) is 11.1 Å². The monoisotopic (exact) mass is 288 g/mol. The lowest BCUT2D eigenvalue weighted by Gasteiger charge is -2.05. The molecule has 104 valence electrons. The number of aromatic nitrogens is 3. The Bertz CT molecular complexity index is 747. The van der Waals surface area contributed by atoms with Gasteiger partial charge >= 0.3 is 0 Å². The summed E-state index contributed by atoms with van der Waals surface area (Å²) < 4.78 is 7.57. The number of ether oxygens (including phenoxy) is 1. The summed E-state index contributed by atoms with van der Waals surface area (Å²) in [6.45, 7) is 5.25. The number of rotatable bonds is 4. The Balaban J connectivity index is 2.06. The standard InChI is InChI=1S/C14H16N4OS/c1-3-19-11-6-4-5-10-13(11)17-14(15)18(10)8-12-16-7-9(2)20-12/h4-7H,3,8H2,1-2H3,(H2,15,17). The van der Waals surface area contributed by atoms with Gasteiger partial charge in [-0.15, -0.1) is 11.3 Å². The summed E-state index contributed by atoms with van der Waals surface area (Å²) in [5.41, 5.74) is 7.83. The number of nitrogen functional groups attached to an aromatic ring is 1. The van der Waals surface area contributed by atoms with Crippen LogP contribution in [0.1, 0.15) is 16.8 Å². The molecule has 6 heteroatoms. The van der Waals surface area contributed by atoms with Crippen LogP contribution in [-0.4, -0.2) is 21.1 Å². The number of nitrogens with two attached hydrogens (primary N) is 1. The molecule has 0 unspecified atom stereocenters. The third-order valence-electron chi connectivity index (χ3n) is 3.03. The summed E-state index contributed by atoms with van der Waals surface area (Å²) in [7, 11) is 0. The first-order valence-electron chi connectivity index (χ1n) is 6.48. The number of aryl methyl sites for hydroxylation is 1. The normalized spacial score (nSPS) is 11.1. The Morgan fingerprint density at radius 1 is 1.40 bits per heavy atom. The minimum Gasteiger partial charge on any atom is -0.492 e. The predicted octanol–water partition coefficient (Wildman–Crippen LogP) is 2.83. The molecule has 20 heavy (non-hydrogen) atoms. The highest BCUT2D eigenvalue weighted by atomic mass is 32.1. The van der Waals surface area contributed by atoms with E-state index in [-0.39, 0.29) is 0 Å². The second-order valence-electron chi connectivity index (χ2n) is 4.48. The third-order valence-corrected chi connectivity index (χ3v) is 3.93. The second-order valence-corrected chi connectivity index (χ2v) is 5.80. The average molecular weight is 288 g/mol. The lowest BCUT2D eigenvalue weighted by Crippen LogP contribution is -2.04. The van der Waals surface area contributed by atoms with Crippen molar-refractivity contribution in [2.24, 2.45) is 0 Å². The molecule has 0 saturated heterocycles. The van der Waals surface area contributed by atoms with Gasteiger partial charge in [-0.25, -0.2) is 9.97 Å². The van der Waals surface area contributed by atoms with Gasteiger partial charge in [-0.2, -0.15) is 0 Å². The van der Waals surface area contributed by atoms with Crippen LogP contribution in [0.25, 0.3) is 11.0 Å². The molecule has 2 N–H and O–H groups in total. The van der Waals surface area contributed by atoms with Crippen molar-refractivity contribution in [1.82, 2.24) is 14.5 Å². The first kappa shape index (κ1) is 12.9. The lowest BCUT2D eigenvalue weighted by atomic mass is 10.3. The molecule has 3 rings (SSSR count). The van der Waals surface area contributed by atoms with Gasteiger partial charge in [-0.3, -0.25) is 0 Å². The molecule has 0 aliphatic rings. The molecule has 0 fully saturated rings. The Hall–Kier alpha value is -2.08. The molecule has 2 heterocycles. The predicted molar refractivity (Wildman–Crippen MR) is 81.3 cm³/mol. The highest BCUT2D eigenvalue weighted by Gasteiger charge is 2.13. The van der Waals surface area contributed by atoms with Crippen molar-refractivity contribution in [3.63, 3.8) is 0 Å². The Kier molecular flexibility index (Phi) is 3.31. The highest BCUT2D eigenvalue weighted by Crippen LogP contribution is 2.28. The van der Waals surface area contributed by atoms with Crippen LogP contribution >= 0.6 is 11.3 Å². The summed E-state index contributed by atoms with van der Waals surface area (Å²) in [6.07, 6.45) is 1.88. The molecule has 3 aromatic rings. The van der Waals surface area contributed by atoms with Gasteiger partial charge in [0.15, 0.2) is 0 Å². The van der Waals surface area contributed by atoms with Gasteiger partial charge in [0.05, 0.1) is 18.7 Å². The van der Waals surface area contributed by atoms with E-state index in [4.69, 9.17) is 10.5 Å². The maximum atomic E-state index is 6.05. The number of thiazole rings is 1. The maximum Gasteiger partial charge on any atom is 0.201 e. The molecular weight excluding hydrogens is 272 g/mol. The van der Waals surface area contributed by atoms with Crippen LogP contribution in [0.2, 0.25) is 0 Å². The third kappa shape index (κ3) is 2.22. The number of hydrogen-bond acceptors (Lipinski definition) is 5. The van der Waals surface area contributed by atoms with Crippen molar-refractivity contribution in [1.29, 1.82) is 0 Å². The maximum absolute atomic E-state index is 6.05. The number of fused-ring (bicyclic) bond motifs is 1. The largest absolute Gasteiger partial charge is 0.492 e. The number of imidazole rings is 1. The highest BCUT2D eigenvalue weighted by molar-refractivity contribution is 7.11. The molecule has 0 amide bonds. The second kappa shape index (κ2) is 5.13. The average Bonchev–Trinajstić information content (AvgIpc) is 2.97. The summed E-state index contributed by atoms with van der Waals surface area (Å²) in [5, 5.41) is 1.02. The minimum atomic E-state index is 0.486. The zero-order valence-corrected chi connectivity index (χ0v) is 12.3. The fourth-order valence-corrected chi connectivity index (χ4v) is 2.96. The van der Waals surface area contributed by atoms with Crippen molar-refractivity contribution in [2.75, 3.05) is 12.3 Å². The van der Waals surface area contributed by atoms with Gasteiger partial charge in [-0.1, -0.05) is 6.07 Å². The summed E-state index contributed by atoms with van der Waals surface area (Å²) in [4.78, 5) is 10.0. The number of nitrogens with zero attached hydrogens (tertiary/aromatic N) is 3. The molecule has 0 radical (unpaired) electrons. The van der Waals surface area contributed by atoms with Crippen LogP contribution in [0.15, 0.2) is 24.4 Å². The van der Waals surface area contributed by atoms with Gasteiger partial charge in [-0.05, 0) is 26.0 Å². The molecule has 0 spiro atoms. The number of anilines is 1. The quantitative estimate of drug-likeness (QED) is 0.801. The first-order chi connectivity index (χ1) is 9.69. The van der Waals surface area contributed by atoms with E-state index in [1.165, 1.54) is 4.88 Å². The van der Waals surface area contributed by atoms with E-state index in [0.29, 0.717) is 19.1 Å². The van der Waals surface area contributed by atoms with E-state index >= 15 is 0 Å². The number of para-hydroxylation sites is 1. The van der Waals surface area contributed by atoms with E-state index in [2.05, 4.69) is 9.97 Å². The summed E-state index contributed by atoms with van der Waals surface area (Å²) in [5.74, 6) is 1.26. The number of hydrogen-bond donors (Lipinski definition) is 1. The molecule has 0 aliphatic carbocycles. The van der Waals surface area contributed by atoms with E-state index in [1.807, 2.05) is 42.8 Å². The van der Waals surface area contributed by atoms with Crippen molar-refractivity contribution in [3.8, 4) is 5.75 Å².